The largest absolute Gasteiger partial charge is 0.491 e. The molecule has 13 heteroatoms. The number of hydrogen-bond donors (Lipinski definition) is 4. The molecule has 0 spiro atoms. The topological polar surface area (TPSA) is 153 Å². The van der Waals surface area contributed by atoms with Crippen LogP contribution in [0.15, 0.2) is 42.5 Å². The molecule has 1 unspecified atom stereocenters. The van der Waals surface area contributed by atoms with Crippen LogP contribution in [0.3, 0.4) is 0 Å². The number of amides is 4. The number of para-hydroxylation sites is 1. The third-order valence-electron chi connectivity index (χ3n) is 7.24. The molecule has 2 aromatic carbocycles. The second-order valence-electron chi connectivity index (χ2n) is 10.1. The zero-order valence-corrected chi connectivity index (χ0v) is 23.7. The number of ether oxygens (including phenoxy) is 1. The Morgan fingerprint density at radius 3 is 2.78 bits per heavy atom. The van der Waals surface area contributed by atoms with Crippen molar-refractivity contribution in [2.45, 2.75) is 44.9 Å². The fraction of sp³-hybridized carbons (Fsp3) is 0.429. The van der Waals surface area contributed by atoms with Gasteiger partial charge in [0, 0.05) is 19.5 Å². The average molecular weight is 582 g/mol. The second kappa shape index (κ2) is 12.7. The maximum absolute atomic E-state index is 14.0. The first-order valence-corrected chi connectivity index (χ1v) is 14.6. The molecule has 1 aromatic heterocycles. The van der Waals surface area contributed by atoms with Crippen molar-refractivity contribution in [1.29, 1.82) is 0 Å². The van der Waals surface area contributed by atoms with Crippen LogP contribution in [-0.4, -0.2) is 87.8 Å². The van der Waals surface area contributed by atoms with Crippen LogP contribution in [0.1, 0.15) is 30.9 Å². The summed E-state index contributed by atoms with van der Waals surface area (Å²) in [6, 6.07) is 11.9. The highest BCUT2D eigenvalue weighted by molar-refractivity contribution is 7.22. The number of aliphatic hydroxyl groups excluding tert-OH is 1. The van der Waals surface area contributed by atoms with Crippen molar-refractivity contribution in [3.8, 4) is 5.75 Å². The van der Waals surface area contributed by atoms with Gasteiger partial charge < -0.3 is 30.7 Å². The summed E-state index contributed by atoms with van der Waals surface area (Å²) in [6.45, 7) is 3.15. The van der Waals surface area contributed by atoms with Crippen LogP contribution in [0.2, 0.25) is 0 Å². The SMILES string of the molecule is CCCCNC(=O)NN1CC(=O)N2C(Cc3ccc(OCCO)cc3)C(=O)N(Cc3cccc4sc(N)nc34)C[C@H]12. The van der Waals surface area contributed by atoms with Crippen LogP contribution in [0.4, 0.5) is 9.93 Å². The van der Waals surface area contributed by atoms with Gasteiger partial charge in [-0.3, -0.25) is 15.0 Å². The molecule has 5 N–H and O–H groups in total. The minimum atomic E-state index is -0.764. The van der Waals surface area contributed by atoms with E-state index in [2.05, 4.69) is 15.7 Å². The smallest absolute Gasteiger partial charge is 0.329 e. The van der Waals surface area contributed by atoms with Crippen LogP contribution in [0.5, 0.6) is 5.75 Å². The quantitative estimate of drug-likeness (QED) is 0.250. The number of piperazine rings is 1. The molecule has 2 aliphatic rings. The molecular formula is C28H35N7O5S. The number of unbranched alkanes of at least 4 members (excludes halogenated alkanes) is 1. The molecule has 5 rings (SSSR count). The molecule has 0 saturated carbocycles. The fourth-order valence-corrected chi connectivity index (χ4v) is 6.07. The van der Waals surface area contributed by atoms with Gasteiger partial charge in [-0.2, -0.15) is 5.01 Å². The van der Waals surface area contributed by atoms with Gasteiger partial charge in [-0.25, -0.2) is 9.78 Å². The number of nitrogen functional groups attached to an aromatic ring is 1. The monoisotopic (exact) mass is 581 g/mol. The molecule has 2 saturated heterocycles. The van der Waals surface area contributed by atoms with Gasteiger partial charge in [0.1, 0.15) is 24.6 Å². The third kappa shape index (κ3) is 6.37. The zero-order valence-electron chi connectivity index (χ0n) is 22.9. The van der Waals surface area contributed by atoms with E-state index in [1.807, 2.05) is 37.3 Å². The lowest BCUT2D eigenvalue weighted by atomic mass is 9.99. The van der Waals surface area contributed by atoms with Crippen molar-refractivity contribution in [3.05, 3.63) is 53.6 Å². The second-order valence-corrected chi connectivity index (χ2v) is 11.2. The molecule has 218 valence electrons. The Kier molecular flexibility index (Phi) is 8.86. The molecular weight excluding hydrogens is 546 g/mol. The van der Waals surface area contributed by atoms with Crippen LogP contribution < -0.4 is 21.2 Å². The van der Waals surface area contributed by atoms with Gasteiger partial charge in [-0.05, 0) is 35.7 Å². The van der Waals surface area contributed by atoms with Crippen LogP contribution in [-0.2, 0) is 22.6 Å². The first kappa shape index (κ1) is 28.6. The average Bonchev–Trinajstić information content (AvgIpc) is 3.49. The van der Waals surface area contributed by atoms with Crippen LogP contribution in [0, 0.1) is 0 Å². The molecule has 2 fully saturated rings. The highest BCUT2D eigenvalue weighted by Crippen LogP contribution is 2.31. The Labute approximate surface area is 242 Å². The van der Waals surface area contributed by atoms with E-state index in [1.54, 1.807) is 26.9 Å². The van der Waals surface area contributed by atoms with E-state index in [0.717, 1.165) is 34.2 Å². The van der Waals surface area contributed by atoms with Gasteiger partial charge in [-0.15, -0.1) is 0 Å². The van der Waals surface area contributed by atoms with Crippen molar-refractivity contribution < 1.29 is 24.2 Å². The number of urea groups is 1. The number of thiazole rings is 1. The Morgan fingerprint density at radius 2 is 2.02 bits per heavy atom. The summed E-state index contributed by atoms with van der Waals surface area (Å²) in [6.07, 6.45) is 1.56. The molecule has 0 bridgehead atoms. The van der Waals surface area contributed by atoms with E-state index in [9.17, 15) is 14.4 Å². The van der Waals surface area contributed by atoms with E-state index in [1.165, 1.54) is 11.3 Å². The van der Waals surface area contributed by atoms with Crippen molar-refractivity contribution in [3.63, 3.8) is 0 Å². The number of nitrogens with one attached hydrogen (secondary N) is 2. The Hall–Kier alpha value is -3.94. The van der Waals surface area contributed by atoms with E-state index in [0.29, 0.717) is 30.4 Å². The minimum absolute atomic E-state index is 0.0321. The lowest BCUT2D eigenvalue weighted by molar-refractivity contribution is -0.154. The van der Waals surface area contributed by atoms with E-state index in [4.69, 9.17) is 15.6 Å². The first-order chi connectivity index (χ1) is 19.9. The maximum Gasteiger partial charge on any atom is 0.329 e. The van der Waals surface area contributed by atoms with Gasteiger partial charge in [-0.1, -0.05) is 48.9 Å². The number of rotatable bonds is 11. The maximum atomic E-state index is 14.0. The molecule has 0 aliphatic carbocycles. The highest BCUT2D eigenvalue weighted by Gasteiger charge is 2.50. The molecule has 12 nitrogen and oxygen atoms in total. The van der Waals surface area contributed by atoms with Gasteiger partial charge in [0.15, 0.2) is 5.13 Å². The van der Waals surface area contributed by atoms with Crippen molar-refractivity contribution in [2.75, 3.05) is 38.6 Å². The lowest BCUT2D eigenvalue weighted by Crippen LogP contribution is -2.65. The van der Waals surface area contributed by atoms with E-state index < -0.39 is 12.2 Å². The molecule has 2 atom stereocenters. The van der Waals surface area contributed by atoms with Crippen molar-refractivity contribution >= 4 is 44.5 Å². The summed E-state index contributed by atoms with van der Waals surface area (Å²) in [5.74, 6) is 0.207. The predicted molar refractivity (Wildman–Crippen MR) is 155 cm³/mol. The minimum Gasteiger partial charge on any atom is -0.491 e. The van der Waals surface area contributed by atoms with Gasteiger partial charge >= 0.3 is 6.03 Å². The van der Waals surface area contributed by atoms with Gasteiger partial charge in [0.25, 0.3) is 0 Å². The van der Waals surface area contributed by atoms with Crippen molar-refractivity contribution in [1.82, 2.24) is 30.5 Å². The van der Waals surface area contributed by atoms with Crippen LogP contribution >= 0.6 is 11.3 Å². The zero-order chi connectivity index (χ0) is 28.9. The summed E-state index contributed by atoms with van der Waals surface area (Å²) < 4.78 is 6.40. The number of carbonyl (C=O) groups is 3. The molecule has 3 heterocycles. The van der Waals surface area contributed by atoms with E-state index in [-0.39, 0.29) is 44.1 Å². The third-order valence-corrected chi connectivity index (χ3v) is 8.09. The molecule has 0 radical (unpaired) electrons. The number of nitrogens with zero attached hydrogens (tertiary/aromatic N) is 4. The standard InChI is InChI=1S/C28H35N7O5S/c1-2-3-11-30-28(39)32-34-17-24(37)35-21(14-18-7-9-20(10-8-18)40-13-12-36)26(38)33(16-23(34)35)15-19-5-4-6-22-25(19)31-27(29)41-22/h4-10,21,23,36H,2-3,11-17H2,1H3,(H2,29,31)(H2,30,32,39)/t21?,23-/m1/s1. The van der Waals surface area contributed by atoms with E-state index >= 15 is 0 Å². The number of aliphatic hydroxyl groups is 1. The number of benzene rings is 2. The number of hydrogen-bond acceptors (Lipinski definition) is 9. The molecule has 4 amide bonds. The normalized spacial score (nSPS) is 19.1. The number of hydrazine groups is 1. The Morgan fingerprint density at radius 1 is 1.22 bits per heavy atom. The summed E-state index contributed by atoms with van der Waals surface area (Å²) in [5.41, 5.74) is 11.3. The fourth-order valence-electron chi connectivity index (χ4n) is 5.29. The first-order valence-electron chi connectivity index (χ1n) is 13.8. The predicted octanol–water partition coefficient (Wildman–Crippen LogP) is 1.69. The van der Waals surface area contributed by atoms with Gasteiger partial charge in [0.2, 0.25) is 11.8 Å². The number of nitrogens with two attached hydrogens (primary N) is 1. The van der Waals surface area contributed by atoms with Crippen molar-refractivity contribution in [2.24, 2.45) is 0 Å². The lowest BCUT2D eigenvalue weighted by Gasteiger charge is -2.44. The summed E-state index contributed by atoms with van der Waals surface area (Å²) >= 11 is 1.39. The summed E-state index contributed by atoms with van der Waals surface area (Å²) in [5, 5.41) is 13.9. The number of aromatic nitrogens is 1. The molecule has 2 aliphatic heterocycles. The number of carbonyl (C=O) groups excluding carboxylic acids is 3. The van der Waals surface area contributed by atoms with Gasteiger partial charge in [0.05, 0.1) is 29.9 Å². The summed E-state index contributed by atoms with van der Waals surface area (Å²) in [4.78, 5) is 47.7. The Bertz CT molecular complexity index is 1400. The highest BCUT2D eigenvalue weighted by atomic mass is 32.1. The molecule has 41 heavy (non-hydrogen) atoms. The Balaban J connectivity index is 1.41. The number of anilines is 1. The molecule has 3 aromatic rings. The number of fused-ring (bicyclic) bond motifs is 2. The van der Waals surface area contributed by atoms with Crippen LogP contribution in [0.25, 0.3) is 10.2 Å². The summed E-state index contributed by atoms with van der Waals surface area (Å²) in [7, 11) is 0.